The third kappa shape index (κ3) is 3.71. The van der Waals surface area contributed by atoms with Crippen LogP contribution in [0.5, 0.6) is 5.75 Å². The van der Waals surface area contributed by atoms with Gasteiger partial charge < -0.3 is 9.47 Å². The molecule has 0 bridgehead atoms. The lowest BCUT2D eigenvalue weighted by Crippen LogP contribution is -2.26. The van der Waals surface area contributed by atoms with Gasteiger partial charge in [-0.3, -0.25) is 10.1 Å². The maximum absolute atomic E-state index is 12.1. The molecule has 1 aliphatic heterocycles. The van der Waals surface area contributed by atoms with E-state index in [0.29, 0.717) is 18.3 Å². The molecule has 0 aliphatic carbocycles. The molecule has 1 saturated heterocycles. The molecule has 2 heterocycles. The van der Waals surface area contributed by atoms with E-state index in [-0.39, 0.29) is 12.0 Å². The van der Waals surface area contributed by atoms with E-state index in [1.165, 1.54) is 11.3 Å². The number of nitrogens with zero attached hydrogens (tertiary/aromatic N) is 1. The van der Waals surface area contributed by atoms with E-state index in [2.05, 4.69) is 10.3 Å². The maximum atomic E-state index is 12.1. The van der Waals surface area contributed by atoms with Crippen LogP contribution in [0.25, 0.3) is 11.3 Å². The Balaban J connectivity index is 1.73. The Morgan fingerprint density at radius 2 is 2.22 bits per heavy atom. The van der Waals surface area contributed by atoms with Gasteiger partial charge in [-0.15, -0.1) is 11.3 Å². The van der Waals surface area contributed by atoms with E-state index in [0.717, 1.165) is 34.7 Å². The number of rotatable bonds is 5. The van der Waals surface area contributed by atoms with Crippen molar-refractivity contribution >= 4 is 22.4 Å². The lowest BCUT2D eigenvalue weighted by atomic mass is 10.1. The summed E-state index contributed by atoms with van der Waals surface area (Å²) in [6, 6.07) is 7.84. The summed E-state index contributed by atoms with van der Waals surface area (Å²) in [5.41, 5.74) is 1.90. The smallest absolute Gasteiger partial charge is 0.255 e. The van der Waals surface area contributed by atoms with E-state index >= 15 is 0 Å². The number of amides is 1. The predicted octanol–water partition coefficient (Wildman–Crippen LogP) is 3.63. The molecule has 1 aliphatic rings. The molecule has 23 heavy (non-hydrogen) atoms. The minimum absolute atomic E-state index is 0.102. The van der Waals surface area contributed by atoms with E-state index < -0.39 is 0 Å². The van der Waals surface area contributed by atoms with Crippen LogP contribution in [0.2, 0.25) is 0 Å². The van der Waals surface area contributed by atoms with Crippen LogP contribution < -0.4 is 10.1 Å². The highest BCUT2D eigenvalue weighted by molar-refractivity contribution is 7.16. The van der Waals surface area contributed by atoms with E-state index in [1.54, 1.807) is 0 Å². The third-order valence-corrected chi connectivity index (χ3v) is 4.57. The van der Waals surface area contributed by atoms with Crippen molar-refractivity contribution in [3.63, 3.8) is 0 Å². The van der Waals surface area contributed by atoms with Gasteiger partial charge >= 0.3 is 0 Å². The quantitative estimate of drug-likeness (QED) is 0.908. The second-order valence-electron chi connectivity index (χ2n) is 5.37. The first kappa shape index (κ1) is 16.0. The number of carbonyl (C=O) groups excluding carboxylic acids is 1. The second kappa shape index (κ2) is 7.10. The molecule has 1 aromatic heterocycles. The molecule has 5 nitrogen and oxygen atoms in total. The molecule has 122 valence electrons. The summed E-state index contributed by atoms with van der Waals surface area (Å²) in [5.74, 6) is 0.741. The molecule has 6 heteroatoms. The first-order valence-electron chi connectivity index (χ1n) is 7.80. The van der Waals surface area contributed by atoms with Crippen molar-refractivity contribution in [1.29, 1.82) is 0 Å². The highest BCUT2D eigenvalue weighted by Gasteiger charge is 2.24. The van der Waals surface area contributed by atoms with Gasteiger partial charge in [0.25, 0.3) is 5.91 Å². The van der Waals surface area contributed by atoms with Crippen molar-refractivity contribution in [3.8, 4) is 17.0 Å². The van der Waals surface area contributed by atoms with Crippen molar-refractivity contribution in [2.75, 3.05) is 18.5 Å². The molecule has 0 radical (unpaired) electrons. The van der Waals surface area contributed by atoms with Gasteiger partial charge in [0.05, 0.1) is 12.3 Å². The van der Waals surface area contributed by atoms with Crippen LogP contribution in [-0.4, -0.2) is 30.2 Å². The van der Waals surface area contributed by atoms with Gasteiger partial charge in [-0.25, -0.2) is 4.98 Å². The largest absolute Gasteiger partial charge is 0.494 e. The molecule has 2 aromatic rings. The zero-order valence-electron chi connectivity index (χ0n) is 13.3. The summed E-state index contributed by atoms with van der Waals surface area (Å²) in [6.45, 7) is 5.27. The highest BCUT2D eigenvalue weighted by atomic mass is 32.1. The van der Waals surface area contributed by atoms with Crippen molar-refractivity contribution in [1.82, 2.24) is 4.98 Å². The first-order chi connectivity index (χ1) is 11.2. The Labute approximate surface area is 139 Å². The summed E-state index contributed by atoms with van der Waals surface area (Å²) >= 11 is 1.48. The number of anilines is 1. The van der Waals surface area contributed by atoms with Gasteiger partial charge in [0.15, 0.2) is 5.13 Å². The number of hydrogen-bond donors (Lipinski definition) is 1. The van der Waals surface area contributed by atoms with Crippen molar-refractivity contribution in [3.05, 3.63) is 29.1 Å². The number of hydrogen-bond acceptors (Lipinski definition) is 5. The standard InChI is InChI=1S/C17H20N2O3S/c1-3-21-13-8-6-12(7-9-13)15-11(2)23-17(18-15)19-16(20)14-5-4-10-22-14/h6-9,14H,3-5,10H2,1-2H3,(H,18,19,20)/t14-/m0/s1. The Hall–Kier alpha value is -1.92. The molecular weight excluding hydrogens is 312 g/mol. The van der Waals surface area contributed by atoms with E-state index in [9.17, 15) is 4.79 Å². The third-order valence-electron chi connectivity index (χ3n) is 3.69. The number of nitrogens with one attached hydrogen (secondary N) is 1. The Bertz CT molecular complexity index is 676. The number of aryl methyl sites for hydroxylation is 1. The molecular formula is C17H20N2O3S. The predicted molar refractivity (Wildman–Crippen MR) is 91.1 cm³/mol. The first-order valence-corrected chi connectivity index (χ1v) is 8.62. The number of benzene rings is 1. The summed E-state index contributed by atoms with van der Waals surface area (Å²) in [5, 5.41) is 3.48. The Morgan fingerprint density at radius 3 is 2.87 bits per heavy atom. The SMILES string of the molecule is CCOc1ccc(-c2nc(NC(=O)[C@@H]3CCCO3)sc2C)cc1. The van der Waals surface area contributed by atoms with Crippen LogP contribution >= 0.6 is 11.3 Å². The number of carbonyl (C=O) groups is 1. The molecule has 1 atom stereocenters. The summed E-state index contributed by atoms with van der Waals surface area (Å²) in [7, 11) is 0. The van der Waals surface area contributed by atoms with Crippen LogP contribution in [0, 0.1) is 6.92 Å². The average Bonchev–Trinajstić information content (AvgIpc) is 3.18. The Kier molecular flexibility index (Phi) is 4.93. The van der Waals surface area contributed by atoms with Gasteiger partial charge in [-0.1, -0.05) is 0 Å². The molecule has 1 aromatic carbocycles. The van der Waals surface area contributed by atoms with Crippen molar-refractivity contribution in [2.45, 2.75) is 32.8 Å². The molecule has 1 fully saturated rings. The van der Waals surface area contributed by atoms with Gasteiger partial charge in [-0.2, -0.15) is 0 Å². The number of aromatic nitrogens is 1. The second-order valence-corrected chi connectivity index (χ2v) is 6.58. The van der Waals surface area contributed by atoms with E-state index in [4.69, 9.17) is 9.47 Å². The summed E-state index contributed by atoms with van der Waals surface area (Å²) < 4.78 is 10.8. The van der Waals surface area contributed by atoms with Crippen LogP contribution in [0.15, 0.2) is 24.3 Å². The number of thiazole rings is 1. The zero-order chi connectivity index (χ0) is 16.2. The minimum Gasteiger partial charge on any atom is -0.494 e. The van der Waals surface area contributed by atoms with E-state index in [1.807, 2.05) is 38.1 Å². The van der Waals surface area contributed by atoms with Crippen molar-refractivity contribution < 1.29 is 14.3 Å². The maximum Gasteiger partial charge on any atom is 0.255 e. The molecule has 0 unspecified atom stereocenters. The topological polar surface area (TPSA) is 60.5 Å². The molecule has 1 N–H and O–H groups in total. The van der Waals surface area contributed by atoms with Gasteiger partial charge in [0, 0.05) is 17.0 Å². The fraction of sp³-hybridized carbons (Fsp3) is 0.412. The lowest BCUT2D eigenvalue weighted by Gasteiger charge is -2.07. The average molecular weight is 332 g/mol. The van der Waals surface area contributed by atoms with Crippen LogP contribution in [0.4, 0.5) is 5.13 Å². The zero-order valence-corrected chi connectivity index (χ0v) is 14.1. The Morgan fingerprint density at radius 1 is 1.43 bits per heavy atom. The lowest BCUT2D eigenvalue weighted by molar-refractivity contribution is -0.124. The minimum atomic E-state index is -0.340. The fourth-order valence-corrected chi connectivity index (χ4v) is 3.40. The van der Waals surface area contributed by atoms with Crippen LogP contribution in [0.3, 0.4) is 0 Å². The molecule has 1 amide bonds. The van der Waals surface area contributed by atoms with Crippen LogP contribution in [-0.2, 0) is 9.53 Å². The van der Waals surface area contributed by atoms with Gasteiger partial charge in [0.2, 0.25) is 0 Å². The normalized spacial score (nSPS) is 17.2. The highest BCUT2D eigenvalue weighted by Crippen LogP contribution is 2.31. The summed E-state index contributed by atoms with van der Waals surface area (Å²) in [4.78, 5) is 17.7. The molecule has 0 saturated carbocycles. The van der Waals surface area contributed by atoms with Crippen molar-refractivity contribution in [2.24, 2.45) is 0 Å². The fourth-order valence-electron chi connectivity index (χ4n) is 2.56. The molecule has 0 spiro atoms. The molecule has 3 rings (SSSR count). The van der Waals surface area contributed by atoms with Gasteiger partial charge in [0.1, 0.15) is 11.9 Å². The monoisotopic (exact) mass is 332 g/mol. The number of ether oxygens (including phenoxy) is 2. The van der Waals surface area contributed by atoms with Gasteiger partial charge in [-0.05, 0) is 51.0 Å². The summed E-state index contributed by atoms with van der Waals surface area (Å²) in [6.07, 6.45) is 1.38. The van der Waals surface area contributed by atoms with Crippen LogP contribution in [0.1, 0.15) is 24.6 Å².